The number of nitrogens with two attached hydrogens (primary N) is 1. The van der Waals surface area contributed by atoms with Crippen molar-refractivity contribution in [3.63, 3.8) is 0 Å². The van der Waals surface area contributed by atoms with Crippen LogP contribution in [0.4, 0.5) is 5.82 Å². The van der Waals surface area contributed by atoms with Crippen LogP contribution in [-0.2, 0) is 13.6 Å². The van der Waals surface area contributed by atoms with Crippen LogP contribution in [0.1, 0.15) is 59.2 Å². The minimum absolute atomic E-state index is 0. The molecule has 23 heavy (non-hydrogen) atoms. The molecule has 3 N–H and O–H groups in total. The highest BCUT2D eigenvalue weighted by molar-refractivity contribution is 7.09. The van der Waals surface area contributed by atoms with Crippen molar-refractivity contribution >= 4 is 35.5 Å². The summed E-state index contributed by atoms with van der Waals surface area (Å²) in [5, 5.41) is 9.95. The zero-order valence-electron chi connectivity index (χ0n) is 13.1. The Hall–Kier alpha value is -1.44. The summed E-state index contributed by atoms with van der Waals surface area (Å²) in [7, 11) is 1.86. The number of anilines is 1. The van der Waals surface area contributed by atoms with E-state index in [2.05, 4.69) is 15.4 Å². The Labute approximate surface area is 145 Å². The largest absolute Gasteiger partial charge is 0.325 e. The number of nitrogens with zero attached hydrogens (tertiary/aromatic N) is 3. The molecule has 1 saturated carbocycles. The molecule has 6 nitrogen and oxygen atoms in total. The molecule has 1 amide bonds. The smallest absolute Gasteiger partial charge is 0.276 e. The molecule has 0 aliphatic heterocycles. The third-order valence-electron chi connectivity index (χ3n) is 4.12. The van der Waals surface area contributed by atoms with Crippen molar-refractivity contribution in [2.45, 2.75) is 44.6 Å². The van der Waals surface area contributed by atoms with Crippen LogP contribution >= 0.6 is 23.7 Å². The Morgan fingerprint density at radius 1 is 1.43 bits per heavy atom. The lowest BCUT2D eigenvalue weighted by Crippen LogP contribution is -2.15. The van der Waals surface area contributed by atoms with Gasteiger partial charge in [0.05, 0.1) is 5.69 Å². The molecule has 0 atom stereocenters. The number of amides is 1. The van der Waals surface area contributed by atoms with Gasteiger partial charge in [-0.05, 0) is 12.8 Å². The minimum atomic E-state index is -0.214. The van der Waals surface area contributed by atoms with Crippen LogP contribution in [0.5, 0.6) is 0 Å². The second-order valence-corrected chi connectivity index (χ2v) is 6.64. The van der Waals surface area contributed by atoms with Gasteiger partial charge in [-0.25, -0.2) is 4.98 Å². The van der Waals surface area contributed by atoms with Gasteiger partial charge in [-0.2, -0.15) is 5.10 Å². The average molecular weight is 356 g/mol. The monoisotopic (exact) mass is 355 g/mol. The Morgan fingerprint density at radius 3 is 2.83 bits per heavy atom. The predicted octanol–water partition coefficient (Wildman–Crippen LogP) is 3.06. The molecule has 3 rings (SSSR count). The van der Waals surface area contributed by atoms with E-state index in [1.165, 1.54) is 43.4 Å². The maximum absolute atomic E-state index is 12.2. The second-order valence-electron chi connectivity index (χ2n) is 5.70. The van der Waals surface area contributed by atoms with Crippen LogP contribution in [-0.4, -0.2) is 20.7 Å². The Morgan fingerprint density at radius 2 is 2.17 bits per heavy atom. The fourth-order valence-electron chi connectivity index (χ4n) is 2.89. The Kier molecular flexibility index (Phi) is 6.15. The highest BCUT2D eigenvalue weighted by Crippen LogP contribution is 2.32. The van der Waals surface area contributed by atoms with Crippen molar-refractivity contribution in [2.24, 2.45) is 12.8 Å². The number of carbonyl (C=O) groups excluding carboxylic acids is 1. The summed E-state index contributed by atoms with van der Waals surface area (Å²) in [4.78, 5) is 16.4. The summed E-state index contributed by atoms with van der Waals surface area (Å²) >= 11 is 1.40. The molecule has 126 valence electrons. The quantitative estimate of drug-likeness (QED) is 0.882. The van der Waals surface area contributed by atoms with E-state index < -0.39 is 0 Å². The number of nitrogens with one attached hydrogen (secondary N) is 1. The summed E-state index contributed by atoms with van der Waals surface area (Å²) < 4.78 is 1.73. The highest BCUT2D eigenvalue weighted by Gasteiger charge is 2.20. The molecule has 1 fully saturated rings. The van der Waals surface area contributed by atoms with E-state index in [0.717, 1.165) is 10.7 Å². The molecule has 8 heteroatoms. The van der Waals surface area contributed by atoms with Gasteiger partial charge in [-0.1, -0.05) is 19.3 Å². The van der Waals surface area contributed by atoms with Gasteiger partial charge in [-0.3, -0.25) is 9.48 Å². The zero-order chi connectivity index (χ0) is 15.5. The van der Waals surface area contributed by atoms with E-state index >= 15 is 0 Å². The molecule has 0 unspecified atom stereocenters. The molecular weight excluding hydrogens is 334 g/mol. The fraction of sp³-hybridized carbons (Fsp3) is 0.533. The first-order valence-electron chi connectivity index (χ1n) is 7.67. The van der Waals surface area contributed by atoms with Crippen LogP contribution < -0.4 is 11.1 Å². The third kappa shape index (κ3) is 4.10. The summed E-state index contributed by atoms with van der Waals surface area (Å²) in [6.45, 7) is 0.357. The lowest BCUT2D eigenvalue weighted by Gasteiger charge is -2.19. The lowest BCUT2D eigenvalue weighted by atomic mass is 9.87. The lowest BCUT2D eigenvalue weighted by molar-refractivity contribution is 0.102. The van der Waals surface area contributed by atoms with Gasteiger partial charge in [0, 0.05) is 31.0 Å². The van der Waals surface area contributed by atoms with Crippen molar-refractivity contribution in [2.75, 3.05) is 5.32 Å². The average Bonchev–Trinajstić information content (AvgIpc) is 3.15. The van der Waals surface area contributed by atoms with Crippen LogP contribution in [0.2, 0.25) is 0 Å². The van der Waals surface area contributed by atoms with E-state index in [0.29, 0.717) is 24.0 Å². The standard InChI is InChI=1S/C15H21N5OS.ClH/c1-20-13(7-11(19-20)10-5-3-2-4-6-10)18-15(21)12-9-22-14(8-16)17-12;/h7,9-10H,2-6,8,16H2,1H3,(H,18,21);1H. The number of aromatic nitrogens is 3. The van der Waals surface area contributed by atoms with Gasteiger partial charge < -0.3 is 11.1 Å². The van der Waals surface area contributed by atoms with Crippen molar-refractivity contribution in [1.29, 1.82) is 0 Å². The number of hydrogen-bond acceptors (Lipinski definition) is 5. The van der Waals surface area contributed by atoms with Crippen LogP contribution in [0.25, 0.3) is 0 Å². The molecule has 0 aromatic carbocycles. The van der Waals surface area contributed by atoms with Gasteiger partial charge in [0.2, 0.25) is 0 Å². The number of aryl methyl sites for hydroxylation is 1. The van der Waals surface area contributed by atoms with Crippen LogP contribution in [0.3, 0.4) is 0 Å². The SMILES string of the molecule is Cl.Cn1nc(C2CCCCC2)cc1NC(=O)c1csc(CN)n1. The normalized spacial score (nSPS) is 15.2. The van der Waals surface area contributed by atoms with Gasteiger partial charge in [0.15, 0.2) is 0 Å². The highest BCUT2D eigenvalue weighted by atomic mass is 35.5. The summed E-state index contributed by atoms with van der Waals surface area (Å²) in [6.07, 6.45) is 6.24. The van der Waals surface area contributed by atoms with Gasteiger partial charge >= 0.3 is 0 Å². The third-order valence-corrected chi connectivity index (χ3v) is 4.99. The maximum Gasteiger partial charge on any atom is 0.276 e. The number of halogens is 1. The fourth-order valence-corrected chi connectivity index (χ4v) is 3.55. The number of carbonyl (C=O) groups is 1. The Bertz CT molecular complexity index is 663. The molecule has 2 heterocycles. The summed E-state index contributed by atoms with van der Waals surface area (Å²) in [5.74, 6) is 1.02. The zero-order valence-corrected chi connectivity index (χ0v) is 14.8. The topological polar surface area (TPSA) is 85.8 Å². The molecule has 0 bridgehead atoms. The number of thiazole rings is 1. The summed E-state index contributed by atoms with van der Waals surface area (Å²) in [6, 6.07) is 1.99. The van der Waals surface area contributed by atoms with Crippen molar-refractivity contribution < 1.29 is 4.79 Å². The first kappa shape index (κ1) is 17.9. The molecule has 0 radical (unpaired) electrons. The van der Waals surface area contributed by atoms with Crippen LogP contribution in [0, 0.1) is 0 Å². The number of rotatable bonds is 4. The van der Waals surface area contributed by atoms with Crippen LogP contribution in [0.15, 0.2) is 11.4 Å². The molecule has 1 aliphatic rings. The van der Waals surface area contributed by atoms with E-state index in [-0.39, 0.29) is 18.3 Å². The van der Waals surface area contributed by atoms with Crippen molar-refractivity contribution in [3.8, 4) is 0 Å². The van der Waals surface area contributed by atoms with Gasteiger partial charge in [0.1, 0.15) is 16.5 Å². The molecule has 2 aromatic heterocycles. The molecule has 1 aliphatic carbocycles. The molecular formula is C15H22ClN5OS. The molecule has 0 saturated heterocycles. The molecule has 0 spiro atoms. The Balaban J connectivity index is 0.00000192. The van der Waals surface area contributed by atoms with E-state index in [1.54, 1.807) is 10.1 Å². The van der Waals surface area contributed by atoms with E-state index in [4.69, 9.17) is 5.73 Å². The first-order valence-corrected chi connectivity index (χ1v) is 8.55. The van der Waals surface area contributed by atoms with E-state index in [9.17, 15) is 4.79 Å². The summed E-state index contributed by atoms with van der Waals surface area (Å²) in [5.41, 5.74) is 7.02. The maximum atomic E-state index is 12.2. The molecule has 2 aromatic rings. The minimum Gasteiger partial charge on any atom is -0.325 e. The first-order chi connectivity index (χ1) is 10.7. The van der Waals surface area contributed by atoms with E-state index in [1.807, 2.05) is 13.1 Å². The number of hydrogen-bond donors (Lipinski definition) is 2. The van der Waals surface area contributed by atoms with Crippen molar-refractivity contribution in [3.05, 3.63) is 27.8 Å². The van der Waals surface area contributed by atoms with Crippen molar-refractivity contribution in [1.82, 2.24) is 14.8 Å². The van der Waals surface area contributed by atoms with Gasteiger partial charge in [-0.15, -0.1) is 23.7 Å². The predicted molar refractivity (Wildman–Crippen MR) is 94.2 cm³/mol. The second kappa shape index (κ2) is 7.90. The van der Waals surface area contributed by atoms with Gasteiger partial charge in [0.25, 0.3) is 5.91 Å².